The van der Waals surface area contributed by atoms with Crippen LogP contribution >= 0.6 is 0 Å². The molecule has 0 bridgehead atoms. The van der Waals surface area contributed by atoms with Crippen molar-refractivity contribution in [3.63, 3.8) is 0 Å². The predicted octanol–water partition coefficient (Wildman–Crippen LogP) is 6.38. The second-order valence-electron chi connectivity index (χ2n) is 9.48. The van der Waals surface area contributed by atoms with Gasteiger partial charge in [0.25, 0.3) is 5.56 Å². The number of azo groups is 1. The van der Waals surface area contributed by atoms with Crippen molar-refractivity contribution in [2.75, 3.05) is 44.7 Å². The van der Waals surface area contributed by atoms with E-state index in [-0.39, 0.29) is 5.56 Å². The lowest BCUT2D eigenvalue weighted by Gasteiger charge is -2.35. The molecule has 1 saturated heterocycles. The van der Waals surface area contributed by atoms with Crippen LogP contribution in [0.4, 0.5) is 17.2 Å². The molecule has 3 aromatic carbocycles. The second kappa shape index (κ2) is 11.4. The lowest BCUT2D eigenvalue weighted by molar-refractivity contribution is 0.311. The number of likely N-dealkylation sites (N-methyl/N-ethyl adjacent to an activating group) is 1. The Morgan fingerprint density at radius 2 is 1.53 bits per heavy atom. The minimum absolute atomic E-state index is 0.200. The van der Waals surface area contributed by atoms with E-state index in [1.165, 1.54) is 0 Å². The van der Waals surface area contributed by atoms with Gasteiger partial charge in [-0.1, -0.05) is 48.5 Å². The Hall–Kier alpha value is -4.23. The summed E-state index contributed by atoms with van der Waals surface area (Å²) in [5, 5.41) is 9.11. The normalized spacial score (nSPS) is 14.2. The van der Waals surface area contributed by atoms with Gasteiger partial charge in [-0.2, -0.15) is 5.11 Å². The molecule has 0 radical (unpaired) electrons. The van der Waals surface area contributed by atoms with Crippen molar-refractivity contribution in [1.29, 1.82) is 0 Å². The molecule has 7 heteroatoms. The molecule has 1 fully saturated rings. The van der Waals surface area contributed by atoms with Crippen molar-refractivity contribution in [3.05, 3.63) is 101 Å². The van der Waals surface area contributed by atoms with Crippen molar-refractivity contribution >= 4 is 17.2 Å². The van der Waals surface area contributed by atoms with Crippen LogP contribution in [0.25, 0.3) is 16.8 Å². The van der Waals surface area contributed by atoms with E-state index >= 15 is 0 Å². The molecule has 0 unspecified atom stereocenters. The van der Waals surface area contributed by atoms with Crippen LogP contribution in [0.3, 0.4) is 0 Å². The summed E-state index contributed by atoms with van der Waals surface area (Å²) in [5.41, 5.74) is 4.27. The number of aromatic nitrogens is 1. The van der Waals surface area contributed by atoms with Crippen LogP contribution in [0.1, 0.15) is 12.5 Å². The standard InChI is InChI=1S/C31H33N5O2/c1-4-38-26-16-14-24(15-17-26)27-22-29(35-20-18-34(3)19-21-35)36(25-11-6-5-7-12-25)31(37)30(27)33-32-28-13-9-8-10-23(28)2/h5-17,22H,4,18-21H2,1-3H3. The van der Waals surface area contributed by atoms with E-state index in [1.807, 2.05) is 92.7 Å². The van der Waals surface area contributed by atoms with Crippen LogP contribution in [-0.2, 0) is 0 Å². The molecule has 194 valence electrons. The van der Waals surface area contributed by atoms with Gasteiger partial charge in [0.1, 0.15) is 11.6 Å². The Morgan fingerprint density at radius 3 is 2.21 bits per heavy atom. The molecule has 0 atom stereocenters. The van der Waals surface area contributed by atoms with Crippen molar-refractivity contribution in [2.24, 2.45) is 10.2 Å². The maximum absolute atomic E-state index is 14.3. The zero-order chi connectivity index (χ0) is 26.5. The van der Waals surface area contributed by atoms with Crippen molar-refractivity contribution < 1.29 is 4.74 Å². The third kappa shape index (κ3) is 5.38. The number of anilines is 1. The molecule has 2 heterocycles. The van der Waals surface area contributed by atoms with E-state index in [0.29, 0.717) is 12.3 Å². The van der Waals surface area contributed by atoms with Gasteiger partial charge in [0, 0.05) is 31.7 Å². The molecular formula is C31H33N5O2. The number of hydrogen-bond donors (Lipinski definition) is 0. The molecule has 5 rings (SSSR count). The number of aryl methyl sites for hydroxylation is 1. The molecule has 0 spiro atoms. The number of para-hydroxylation sites is 1. The lowest BCUT2D eigenvalue weighted by Crippen LogP contribution is -2.46. The van der Waals surface area contributed by atoms with Gasteiger partial charge >= 0.3 is 0 Å². The molecule has 7 nitrogen and oxygen atoms in total. The largest absolute Gasteiger partial charge is 0.494 e. The molecule has 4 aromatic rings. The Labute approximate surface area is 223 Å². The van der Waals surface area contributed by atoms with E-state index < -0.39 is 0 Å². The van der Waals surface area contributed by atoms with Gasteiger partial charge in [-0.3, -0.25) is 9.36 Å². The Balaban J connectivity index is 1.73. The zero-order valence-corrected chi connectivity index (χ0v) is 22.2. The van der Waals surface area contributed by atoms with Crippen LogP contribution < -0.4 is 15.2 Å². The number of ether oxygens (including phenoxy) is 1. The molecule has 0 N–H and O–H groups in total. The van der Waals surface area contributed by atoms with E-state index in [0.717, 1.165) is 65.8 Å². The highest BCUT2D eigenvalue weighted by molar-refractivity contribution is 5.79. The van der Waals surface area contributed by atoms with Crippen LogP contribution in [0.5, 0.6) is 5.75 Å². The predicted molar refractivity (Wildman–Crippen MR) is 154 cm³/mol. The van der Waals surface area contributed by atoms with Gasteiger partial charge in [-0.15, -0.1) is 5.11 Å². The highest BCUT2D eigenvalue weighted by Crippen LogP contribution is 2.35. The minimum atomic E-state index is -0.200. The van der Waals surface area contributed by atoms with Gasteiger partial charge in [-0.25, -0.2) is 0 Å². The summed E-state index contributed by atoms with van der Waals surface area (Å²) in [4.78, 5) is 18.9. The molecule has 0 aliphatic carbocycles. The van der Waals surface area contributed by atoms with E-state index in [2.05, 4.69) is 33.1 Å². The van der Waals surface area contributed by atoms with Crippen LogP contribution in [0.15, 0.2) is 100.0 Å². The van der Waals surface area contributed by atoms with E-state index in [9.17, 15) is 4.79 Å². The second-order valence-corrected chi connectivity index (χ2v) is 9.48. The van der Waals surface area contributed by atoms with Gasteiger partial charge < -0.3 is 14.5 Å². The van der Waals surface area contributed by atoms with Crippen molar-refractivity contribution in [1.82, 2.24) is 9.47 Å². The first-order valence-electron chi connectivity index (χ1n) is 13.0. The Morgan fingerprint density at radius 1 is 0.842 bits per heavy atom. The fraction of sp³-hybridized carbons (Fsp3) is 0.258. The molecule has 0 saturated carbocycles. The molecule has 1 aliphatic rings. The number of rotatable bonds is 7. The monoisotopic (exact) mass is 507 g/mol. The summed E-state index contributed by atoms with van der Waals surface area (Å²) in [5.74, 6) is 1.64. The first-order valence-corrected chi connectivity index (χ1v) is 13.0. The molecule has 0 amide bonds. The summed E-state index contributed by atoms with van der Waals surface area (Å²) >= 11 is 0. The lowest BCUT2D eigenvalue weighted by atomic mass is 10.0. The van der Waals surface area contributed by atoms with Gasteiger partial charge in [-0.05, 0) is 68.4 Å². The quantitative estimate of drug-likeness (QED) is 0.272. The topological polar surface area (TPSA) is 62.4 Å². The summed E-state index contributed by atoms with van der Waals surface area (Å²) < 4.78 is 7.43. The van der Waals surface area contributed by atoms with E-state index in [4.69, 9.17) is 4.74 Å². The third-order valence-corrected chi connectivity index (χ3v) is 6.85. The van der Waals surface area contributed by atoms with Gasteiger partial charge in [0.2, 0.25) is 0 Å². The Bertz CT molecular complexity index is 1470. The molecule has 38 heavy (non-hydrogen) atoms. The third-order valence-electron chi connectivity index (χ3n) is 6.85. The first kappa shape index (κ1) is 25.4. The average molecular weight is 508 g/mol. The van der Waals surface area contributed by atoms with E-state index in [1.54, 1.807) is 4.57 Å². The van der Waals surface area contributed by atoms with Gasteiger partial charge in [0.15, 0.2) is 5.69 Å². The number of benzene rings is 3. The SMILES string of the molecule is CCOc1ccc(-c2cc(N3CCN(C)CC3)n(-c3ccccc3)c(=O)c2N=Nc2ccccc2C)cc1. The highest BCUT2D eigenvalue weighted by atomic mass is 16.5. The maximum Gasteiger partial charge on any atom is 0.285 e. The summed E-state index contributed by atoms with van der Waals surface area (Å²) in [6.07, 6.45) is 0. The molecule has 1 aromatic heterocycles. The maximum atomic E-state index is 14.3. The molecular weight excluding hydrogens is 474 g/mol. The van der Waals surface area contributed by atoms with Crippen molar-refractivity contribution in [2.45, 2.75) is 13.8 Å². The highest BCUT2D eigenvalue weighted by Gasteiger charge is 2.23. The summed E-state index contributed by atoms with van der Waals surface area (Å²) in [6, 6.07) is 27.5. The number of pyridine rings is 1. The first-order chi connectivity index (χ1) is 18.5. The Kier molecular flexibility index (Phi) is 7.65. The fourth-order valence-corrected chi connectivity index (χ4v) is 4.68. The minimum Gasteiger partial charge on any atom is -0.494 e. The average Bonchev–Trinajstić information content (AvgIpc) is 2.94. The zero-order valence-electron chi connectivity index (χ0n) is 22.2. The summed E-state index contributed by atoms with van der Waals surface area (Å²) in [7, 11) is 2.13. The number of hydrogen-bond acceptors (Lipinski definition) is 6. The number of nitrogens with zero attached hydrogens (tertiary/aromatic N) is 5. The van der Waals surface area contributed by atoms with Crippen molar-refractivity contribution in [3.8, 4) is 22.6 Å². The number of piperazine rings is 1. The van der Waals surface area contributed by atoms with Gasteiger partial charge in [0.05, 0.1) is 18.0 Å². The van der Waals surface area contributed by atoms with Crippen LogP contribution in [-0.4, -0.2) is 49.3 Å². The fourth-order valence-electron chi connectivity index (χ4n) is 4.68. The summed E-state index contributed by atoms with van der Waals surface area (Å²) in [6.45, 7) is 8.05. The smallest absolute Gasteiger partial charge is 0.285 e. The van der Waals surface area contributed by atoms with Crippen LogP contribution in [0, 0.1) is 6.92 Å². The van der Waals surface area contributed by atoms with Crippen LogP contribution in [0.2, 0.25) is 0 Å². The molecule has 1 aliphatic heterocycles.